The molecule has 6 heteroatoms. The van der Waals surface area contributed by atoms with E-state index in [9.17, 15) is 4.79 Å². The van der Waals surface area contributed by atoms with Gasteiger partial charge in [-0.3, -0.25) is 9.69 Å². The highest BCUT2D eigenvalue weighted by molar-refractivity contribution is 5.82. The SMILES string of the molecule is COc1cccc(C(CNC(=O)[C@H]2NCCO[C@@H]2C)N2CCCC2)c1. The maximum absolute atomic E-state index is 12.6. The van der Waals surface area contributed by atoms with Crippen molar-refractivity contribution in [3.05, 3.63) is 29.8 Å². The molecule has 1 amide bonds. The smallest absolute Gasteiger partial charge is 0.239 e. The van der Waals surface area contributed by atoms with Crippen LogP contribution in [0.15, 0.2) is 24.3 Å². The van der Waals surface area contributed by atoms with Crippen LogP contribution in [0.5, 0.6) is 5.75 Å². The van der Waals surface area contributed by atoms with Crippen LogP contribution in [-0.4, -0.2) is 62.8 Å². The van der Waals surface area contributed by atoms with Crippen molar-refractivity contribution in [1.82, 2.24) is 15.5 Å². The van der Waals surface area contributed by atoms with Crippen molar-refractivity contribution in [1.29, 1.82) is 0 Å². The predicted octanol–water partition coefficient (Wildman–Crippen LogP) is 1.33. The van der Waals surface area contributed by atoms with Gasteiger partial charge in [0.2, 0.25) is 5.91 Å². The average molecular weight is 347 g/mol. The van der Waals surface area contributed by atoms with Crippen LogP contribution < -0.4 is 15.4 Å². The summed E-state index contributed by atoms with van der Waals surface area (Å²) in [4.78, 5) is 15.0. The maximum Gasteiger partial charge on any atom is 0.239 e. The number of carbonyl (C=O) groups is 1. The van der Waals surface area contributed by atoms with Crippen LogP contribution in [0.4, 0.5) is 0 Å². The first-order chi connectivity index (χ1) is 12.2. The standard InChI is InChI=1S/C19H29N3O3/c1-14-18(20-8-11-25-14)19(23)21-13-17(22-9-3-4-10-22)15-6-5-7-16(12-15)24-2/h5-7,12,14,17-18,20H,3-4,8-11,13H2,1-2H3,(H,21,23)/t14-,17?,18+/m1/s1. The lowest BCUT2D eigenvalue weighted by Gasteiger charge is -2.32. The Morgan fingerprint density at radius 1 is 1.44 bits per heavy atom. The number of nitrogens with one attached hydrogen (secondary N) is 2. The molecule has 0 aromatic heterocycles. The average Bonchev–Trinajstić information content (AvgIpc) is 3.16. The second-order valence-corrected chi connectivity index (χ2v) is 6.79. The van der Waals surface area contributed by atoms with E-state index in [1.807, 2.05) is 19.1 Å². The molecular formula is C19H29N3O3. The Morgan fingerprint density at radius 3 is 2.96 bits per heavy atom. The fourth-order valence-electron chi connectivity index (χ4n) is 3.69. The molecule has 0 radical (unpaired) electrons. The summed E-state index contributed by atoms with van der Waals surface area (Å²) in [6.45, 7) is 6.05. The molecule has 0 bridgehead atoms. The number of hydrogen-bond donors (Lipinski definition) is 2. The van der Waals surface area contributed by atoms with Crippen molar-refractivity contribution in [3.63, 3.8) is 0 Å². The predicted molar refractivity (Wildman–Crippen MR) is 96.8 cm³/mol. The zero-order valence-corrected chi connectivity index (χ0v) is 15.2. The number of amides is 1. The second-order valence-electron chi connectivity index (χ2n) is 6.79. The highest BCUT2D eigenvalue weighted by atomic mass is 16.5. The number of benzene rings is 1. The van der Waals surface area contributed by atoms with Gasteiger partial charge >= 0.3 is 0 Å². The normalized spacial score (nSPS) is 25.5. The van der Waals surface area contributed by atoms with Gasteiger partial charge in [-0.15, -0.1) is 0 Å². The lowest BCUT2D eigenvalue weighted by Crippen LogP contribution is -2.56. The van der Waals surface area contributed by atoms with E-state index >= 15 is 0 Å². The van der Waals surface area contributed by atoms with Gasteiger partial charge in [0.25, 0.3) is 0 Å². The van der Waals surface area contributed by atoms with Crippen LogP contribution in [0.2, 0.25) is 0 Å². The second kappa shape index (κ2) is 8.65. The van der Waals surface area contributed by atoms with Crippen LogP contribution in [0.1, 0.15) is 31.4 Å². The van der Waals surface area contributed by atoms with Gasteiger partial charge in [0.15, 0.2) is 0 Å². The van der Waals surface area contributed by atoms with Crippen LogP contribution >= 0.6 is 0 Å². The van der Waals surface area contributed by atoms with Crippen molar-refractivity contribution in [2.45, 2.75) is 38.0 Å². The van der Waals surface area contributed by atoms with E-state index in [0.29, 0.717) is 19.7 Å². The molecular weight excluding hydrogens is 318 g/mol. The van der Waals surface area contributed by atoms with Gasteiger partial charge in [-0.25, -0.2) is 0 Å². The van der Waals surface area contributed by atoms with Crippen molar-refractivity contribution >= 4 is 5.91 Å². The molecule has 25 heavy (non-hydrogen) atoms. The van der Waals surface area contributed by atoms with Crippen molar-refractivity contribution in [2.75, 3.05) is 39.9 Å². The third-order valence-corrected chi connectivity index (χ3v) is 5.13. The number of morpholine rings is 1. The molecule has 2 aliphatic heterocycles. The van der Waals surface area contributed by atoms with Crippen molar-refractivity contribution in [2.24, 2.45) is 0 Å². The summed E-state index contributed by atoms with van der Waals surface area (Å²) in [5.41, 5.74) is 1.18. The Morgan fingerprint density at radius 2 is 2.24 bits per heavy atom. The lowest BCUT2D eigenvalue weighted by atomic mass is 10.0. The molecule has 3 rings (SSSR count). The number of nitrogens with zero attached hydrogens (tertiary/aromatic N) is 1. The summed E-state index contributed by atoms with van der Waals surface area (Å²) in [6, 6.07) is 8.04. The number of carbonyl (C=O) groups excluding carboxylic acids is 1. The molecule has 1 unspecified atom stereocenters. The van der Waals surface area contributed by atoms with Gasteiger partial charge in [0.1, 0.15) is 11.8 Å². The van der Waals surface area contributed by atoms with E-state index in [0.717, 1.165) is 18.8 Å². The van der Waals surface area contributed by atoms with Gasteiger partial charge in [-0.05, 0) is 50.6 Å². The van der Waals surface area contributed by atoms with Gasteiger partial charge in [-0.2, -0.15) is 0 Å². The number of hydrogen-bond acceptors (Lipinski definition) is 5. The minimum atomic E-state index is -0.279. The number of likely N-dealkylation sites (tertiary alicyclic amines) is 1. The first-order valence-electron chi connectivity index (χ1n) is 9.19. The number of methoxy groups -OCH3 is 1. The van der Waals surface area contributed by atoms with E-state index < -0.39 is 0 Å². The quantitative estimate of drug-likeness (QED) is 0.813. The summed E-state index contributed by atoms with van der Waals surface area (Å²) in [5, 5.41) is 6.38. The van der Waals surface area contributed by atoms with Gasteiger partial charge in [0.05, 0.1) is 25.9 Å². The number of rotatable bonds is 6. The molecule has 3 atom stereocenters. The molecule has 2 fully saturated rings. The van der Waals surface area contributed by atoms with E-state index in [1.54, 1.807) is 7.11 Å². The minimum Gasteiger partial charge on any atom is -0.497 e. The molecule has 138 valence electrons. The van der Waals surface area contributed by atoms with Crippen LogP contribution in [0.25, 0.3) is 0 Å². The summed E-state index contributed by atoms with van der Waals surface area (Å²) < 4.78 is 11.0. The molecule has 1 aromatic carbocycles. The van der Waals surface area contributed by atoms with Crippen LogP contribution in [0.3, 0.4) is 0 Å². The molecule has 2 heterocycles. The highest BCUT2D eigenvalue weighted by Gasteiger charge is 2.30. The topological polar surface area (TPSA) is 62.8 Å². The Balaban J connectivity index is 1.68. The summed E-state index contributed by atoms with van der Waals surface area (Å²) >= 11 is 0. The molecule has 2 aliphatic rings. The summed E-state index contributed by atoms with van der Waals surface area (Å²) in [5.74, 6) is 0.864. The van der Waals surface area contributed by atoms with Crippen molar-refractivity contribution < 1.29 is 14.3 Å². The molecule has 6 nitrogen and oxygen atoms in total. The fraction of sp³-hybridized carbons (Fsp3) is 0.632. The third-order valence-electron chi connectivity index (χ3n) is 5.13. The highest BCUT2D eigenvalue weighted by Crippen LogP contribution is 2.27. The molecule has 0 saturated carbocycles. The van der Waals surface area contributed by atoms with Crippen LogP contribution in [0, 0.1) is 0 Å². The monoisotopic (exact) mass is 347 g/mol. The van der Waals surface area contributed by atoms with Gasteiger partial charge in [0, 0.05) is 13.1 Å². The zero-order valence-electron chi connectivity index (χ0n) is 15.2. The Bertz CT molecular complexity index is 575. The first-order valence-corrected chi connectivity index (χ1v) is 9.19. The Labute approximate surface area is 149 Å². The van der Waals surface area contributed by atoms with Crippen molar-refractivity contribution in [3.8, 4) is 5.75 Å². The molecule has 2 saturated heterocycles. The van der Waals surface area contributed by atoms with E-state index in [1.165, 1.54) is 18.4 Å². The number of ether oxygens (including phenoxy) is 2. The molecule has 0 spiro atoms. The summed E-state index contributed by atoms with van der Waals surface area (Å²) in [7, 11) is 1.68. The van der Waals surface area contributed by atoms with E-state index in [2.05, 4.69) is 27.7 Å². The Hall–Kier alpha value is -1.63. The van der Waals surface area contributed by atoms with Crippen LogP contribution in [-0.2, 0) is 9.53 Å². The van der Waals surface area contributed by atoms with Gasteiger partial charge < -0.3 is 20.1 Å². The molecule has 1 aromatic rings. The minimum absolute atomic E-state index is 0.0132. The van der Waals surface area contributed by atoms with Gasteiger partial charge in [-0.1, -0.05) is 12.1 Å². The molecule has 0 aliphatic carbocycles. The lowest BCUT2D eigenvalue weighted by molar-refractivity contribution is -0.129. The fourth-order valence-corrected chi connectivity index (χ4v) is 3.69. The maximum atomic E-state index is 12.6. The largest absolute Gasteiger partial charge is 0.497 e. The third kappa shape index (κ3) is 4.51. The van der Waals surface area contributed by atoms with E-state index in [4.69, 9.17) is 9.47 Å². The molecule has 2 N–H and O–H groups in total. The summed E-state index contributed by atoms with van der Waals surface area (Å²) in [6.07, 6.45) is 2.32. The van der Waals surface area contributed by atoms with E-state index in [-0.39, 0.29) is 24.1 Å². The zero-order chi connectivity index (χ0) is 17.6. The first kappa shape index (κ1) is 18.2. The Kier molecular flexibility index (Phi) is 6.29.